The van der Waals surface area contributed by atoms with E-state index in [9.17, 15) is 4.79 Å². The van der Waals surface area contributed by atoms with E-state index in [0.717, 1.165) is 31.4 Å². The van der Waals surface area contributed by atoms with Crippen LogP contribution >= 0.6 is 0 Å². The fourth-order valence-electron chi connectivity index (χ4n) is 2.28. The Hall–Kier alpha value is -1.29. The molecule has 0 radical (unpaired) electrons. The van der Waals surface area contributed by atoms with Gasteiger partial charge >= 0.3 is 0 Å². The van der Waals surface area contributed by atoms with Crippen LogP contribution in [0.1, 0.15) is 44.7 Å². The molecule has 18 heavy (non-hydrogen) atoms. The van der Waals surface area contributed by atoms with Crippen molar-refractivity contribution in [2.24, 2.45) is 5.73 Å². The second kappa shape index (κ2) is 5.57. The predicted molar refractivity (Wildman–Crippen MR) is 72.1 cm³/mol. The van der Waals surface area contributed by atoms with Gasteiger partial charge in [-0.05, 0) is 37.8 Å². The zero-order valence-corrected chi connectivity index (χ0v) is 11.3. The van der Waals surface area contributed by atoms with Gasteiger partial charge < -0.3 is 15.2 Å². The van der Waals surface area contributed by atoms with Crippen LogP contribution in [-0.2, 0) is 11.3 Å². The zero-order chi connectivity index (χ0) is 13.1. The number of carbonyl (C=O) groups excluding carboxylic acids is 1. The van der Waals surface area contributed by atoms with Crippen molar-refractivity contribution in [3.8, 4) is 0 Å². The molecule has 1 unspecified atom stereocenters. The maximum Gasteiger partial charge on any atom is 0.242 e. The van der Waals surface area contributed by atoms with Gasteiger partial charge in [-0.25, -0.2) is 0 Å². The minimum absolute atomic E-state index is 0.0760. The lowest BCUT2D eigenvalue weighted by atomic mass is 10.1. The van der Waals surface area contributed by atoms with E-state index >= 15 is 0 Å². The molecule has 4 nitrogen and oxygen atoms in total. The van der Waals surface area contributed by atoms with Gasteiger partial charge in [0.2, 0.25) is 5.91 Å². The third-order valence-corrected chi connectivity index (χ3v) is 3.61. The summed E-state index contributed by atoms with van der Waals surface area (Å²) in [4.78, 5) is 14.1. The molecule has 1 fully saturated rings. The van der Waals surface area contributed by atoms with Crippen LogP contribution in [0.2, 0.25) is 0 Å². The molecule has 1 aliphatic carbocycles. The second-order valence-electron chi connectivity index (χ2n) is 5.04. The van der Waals surface area contributed by atoms with Gasteiger partial charge in [-0.3, -0.25) is 4.79 Å². The number of rotatable bonds is 6. The Morgan fingerprint density at radius 2 is 2.28 bits per heavy atom. The molecule has 1 aliphatic rings. The van der Waals surface area contributed by atoms with Crippen molar-refractivity contribution in [2.75, 3.05) is 6.54 Å². The first-order chi connectivity index (χ1) is 8.65. The van der Waals surface area contributed by atoms with Gasteiger partial charge in [-0.2, -0.15) is 0 Å². The first-order valence-corrected chi connectivity index (χ1v) is 6.86. The highest BCUT2D eigenvalue weighted by Gasteiger charge is 2.31. The Balaban J connectivity index is 1.96. The van der Waals surface area contributed by atoms with Crippen molar-refractivity contribution in [2.45, 2.75) is 51.7 Å². The third kappa shape index (κ3) is 2.93. The Labute approximate surface area is 109 Å². The highest BCUT2D eigenvalue weighted by atomic mass is 16.2. The molecule has 1 atom stereocenters. The van der Waals surface area contributed by atoms with Crippen molar-refractivity contribution >= 4 is 5.91 Å². The van der Waals surface area contributed by atoms with Crippen molar-refractivity contribution < 1.29 is 4.79 Å². The predicted octanol–water partition coefficient (Wildman–Crippen LogP) is 1.91. The molecule has 0 saturated heterocycles. The van der Waals surface area contributed by atoms with E-state index in [-0.39, 0.29) is 11.9 Å². The molecule has 1 aromatic rings. The van der Waals surface area contributed by atoms with Gasteiger partial charge in [0.15, 0.2) is 0 Å². The second-order valence-corrected chi connectivity index (χ2v) is 5.04. The number of nitrogens with two attached hydrogens (primary N) is 1. The standard InChI is InChI=1S/C14H23N3O/c1-3-13(15)11-7-8-16(9-11)10-14(18)17(4-2)12-5-6-12/h7-9,12-13H,3-6,10,15H2,1-2H3. The number of aromatic nitrogens is 1. The fourth-order valence-corrected chi connectivity index (χ4v) is 2.28. The first kappa shape index (κ1) is 13.1. The van der Waals surface area contributed by atoms with Crippen LogP contribution in [0.4, 0.5) is 0 Å². The quantitative estimate of drug-likeness (QED) is 0.837. The summed E-state index contributed by atoms with van der Waals surface area (Å²) in [5, 5.41) is 0. The number of hydrogen-bond donors (Lipinski definition) is 1. The van der Waals surface area contributed by atoms with Gasteiger partial charge in [-0.15, -0.1) is 0 Å². The van der Waals surface area contributed by atoms with Gasteiger partial charge in [-0.1, -0.05) is 6.92 Å². The molecule has 2 N–H and O–H groups in total. The Kier molecular flexibility index (Phi) is 4.07. The molecule has 2 rings (SSSR count). The molecule has 4 heteroatoms. The number of nitrogens with zero attached hydrogens (tertiary/aromatic N) is 2. The lowest BCUT2D eigenvalue weighted by Crippen LogP contribution is -2.35. The Morgan fingerprint density at radius 3 is 2.83 bits per heavy atom. The van der Waals surface area contributed by atoms with Crippen LogP contribution in [0.5, 0.6) is 0 Å². The minimum Gasteiger partial charge on any atom is -0.345 e. The molecule has 0 spiro atoms. The average Bonchev–Trinajstić information content (AvgIpc) is 3.08. The summed E-state index contributed by atoms with van der Waals surface area (Å²) in [7, 11) is 0. The number of likely N-dealkylation sites (N-methyl/N-ethyl adjacent to an activating group) is 1. The summed E-state index contributed by atoms with van der Waals surface area (Å²) in [6.45, 7) is 5.36. The highest BCUT2D eigenvalue weighted by Crippen LogP contribution is 2.26. The molecule has 1 heterocycles. The maximum atomic E-state index is 12.1. The summed E-state index contributed by atoms with van der Waals surface area (Å²) < 4.78 is 1.94. The van der Waals surface area contributed by atoms with Crippen molar-refractivity contribution in [3.05, 3.63) is 24.0 Å². The van der Waals surface area contributed by atoms with Gasteiger partial charge in [0.1, 0.15) is 6.54 Å². The largest absolute Gasteiger partial charge is 0.345 e. The number of amides is 1. The van der Waals surface area contributed by atoms with E-state index in [2.05, 4.69) is 6.92 Å². The van der Waals surface area contributed by atoms with Crippen molar-refractivity contribution in [3.63, 3.8) is 0 Å². The topological polar surface area (TPSA) is 51.3 Å². The first-order valence-electron chi connectivity index (χ1n) is 6.86. The monoisotopic (exact) mass is 249 g/mol. The lowest BCUT2D eigenvalue weighted by Gasteiger charge is -2.20. The van der Waals surface area contributed by atoms with E-state index in [1.165, 1.54) is 0 Å². The molecule has 100 valence electrons. The van der Waals surface area contributed by atoms with E-state index in [4.69, 9.17) is 5.73 Å². The van der Waals surface area contributed by atoms with Crippen molar-refractivity contribution in [1.82, 2.24) is 9.47 Å². The Bertz CT molecular complexity index is 409. The molecule has 1 amide bonds. The molecule has 0 aromatic carbocycles. The maximum absolute atomic E-state index is 12.1. The molecule has 0 bridgehead atoms. The smallest absolute Gasteiger partial charge is 0.242 e. The average molecular weight is 249 g/mol. The van der Waals surface area contributed by atoms with Gasteiger partial charge in [0.25, 0.3) is 0 Å². The van der Waals surface area contributed by atoms with Crippen LogP contribution in [-0.4, -0.2) is 28.0 Å². The summed E-state index contributed by atoms with van der Waals surface area (Å²) in [5.74, 6) is 0.215. The SMILES string of the molecule is CCC(N)c1ccn(CC(=O)N(CC)C2CC2)c1. The van der Waals surface area contributed by atoms with E-state index in [1.807, 2.05) is 34.9 Å². The zero-order valence-electron chi connectivity index (χ0n) is 11.3. The fraction of sp³-hybridized carbons (Fsp3) is 0.643. The van der Waals surface area contributed by atoms with Crippen LogP contribution in [0.25, 0.3) is 0 Å². The summed E-state index contributed by atoms with van der Waals surface area (Å²) in [6, 6.07) is 2.58. The molecular formula is C14H23N3O. The van der Waals surface area contributed by atoms with Crippen LogP contribution in [0.3, 0.4) is 0 Å². The molecule has 0 aliphatic heterocycles. The van der Waals surface area contributed by atoms with E-state index in [1.54, 1.807) is 0 Å². The summed E-state index contributed by atoms with van der Waals surface area (Å²) in [5.41, 5.74) is 7.08. The van der Waals surface area contributed by atoms with E-state index < -0.39 is 0 Å². The summed E-state index contributed by atoms with van der Waals surface area (Å²) >= 11 is 0. The van der Waals surface area contributed by atoms with Crippen LogP contribution < -0.4 is 5.73 Å². The van der Waals surface area contributed by atoms with Crippen LogP contribution in [0, 0.1) is 0 Å². The number of hydrogen-bond acceptors (Lipinski definition) is 2. The van der Waals surface area contributed by atoms with Gasteiger partial charge in [0, 0.05) is 31.0 Å². The van der Waals surface area contributed by atoms with Crippen LogP contribution in [0.15, 0.2) is 18.5 Å². The summed E-state index contributed by atoms with van der Waals surface area (Å²) in [6.07, 6.45) is 7.19. The van der Waals surface area contributed by atoms with E-state index in [0.29, 0.717) is 12.6 Å². The molecule has 1 saturated carbocycles. The molecular weight excluding hydrogens is 226 g/mol. The molecule has 1 aromatic heterocycles. The highest BCUT2D eigenvalue weighted by molar-refractivity contribution is 5.76. The Morgan fingerprint density at radius 1 is 1.56 bits per heavy atom. The van der Waals surface area contributed by atoms with Gasteiger partial charge in [0.05, 0.1) is 0 Å². The number of carbonyl (C=O) groups is 1. The third-order valence-electron chi connectivity index (χ3n) is 3.61. The van der Waals surface area contributed by atoms with Crippen molar-refractivity contribution in [1.29, 1.82) is 0 Å². The normalized spacial score (nSPS) is 16.6. The minimum atomic E-state index is 0.0760. The lowest BCUT2D eigenvalue weighted by molar-refractivity contribution is -0.132.